The molecule has 0 heterocycles. The third-order valence-corrected chi connectivity index (χ3v) is 4.91. The third-order valence-electron chi connectivity index (χ3n) is 4.91. The number of guanidine groups is 1. The van der Waals surface area contributed by atoms with E-state index in [1.807, 2.05) is 80.3 Å². The van der Waals surface area contributed by atoms with Crippen LogP contribution in [0.1, 0.15) is 54.8 Å². The second-order valence-corrected chi connectivity index (χ2v) is 7.01. The summed E-state index contributed by atoms with van der Waals surface area (Å²) in [6, 6.07) is 17.3. The van der Waals surface area contributed by atoms with E-state index < -0.39 is 6.10 Å². The monoisotopic (exact) mass is 538 g/mol. The lowest BCUT2D eigenvalue weighted by molar-refractivity contribution is 0.0773. The Morgan fingerprint density at radius 2 is 1.65 bits per heavy atom. The fraction of sp³-hybridized carbons (Fsp3) is 0.417. The van der Waals surface area contributed by atoms with E-state index in [1.54, 1.807) is 0 Å². The molecule has 0 radical (unpaired) electrons. The standard InChI is InChI=1S/C24H34N4O2.HI/c1-4-25-24(26-17-16-22(29)20-10-8-7-9-11-20)27-18-19-12-14-21(15-13-19)23(30)28(5-2)6-3;/h7-15,22,29H,4-6,16-18H2,1-3H3,(H2,25,26,27);1H. The molecule has 0 fully saturated rings. The quantitative estimate of drug-likeness (QED) is 0.243. The number of nitrogens with zero attached hydrogens (tertiary/aromatic N) is 2. The van der Waals surface area contributed by atoms with Gasteiger partial charge in [0.15, 0.2) is 5.96 Å². The molecule has 0 aromatic heterocycles. The van der Waals surface area contributed by atoms with E-state index in [2.05, 4.69) is 15.6 Å². The summed E-state index contributed by atoms with van der Waals surface area (Å²) < 4.78 is 0. The Morgan fingerprint density at radius 3 is 2.23 bits per heavy atom. The van der Waals surface area contributed by atoms with Crippen LogP contribution in [0.2, 0.25) is 0 Å². The van der Waals surface area contributed by atoms with Crippen molar-refractivity contribution in [2.45, 2.75) is 39.8 Å². The largest absolute Gasteiger partial charge is 0.388 e. The van der Waals surface area contributed by atoms with Crippen LogP contribution in [0.3, 0.4) is 0 Å². The summed E-state index contributed by atoms with van der Waals surface area (Å²) in [6.07, 6.45) is 0.0915. The van der Waals surface area contributed by atoms with Gasteiger partial charge in [0.05, 0.1) is 12.6 Å². The first-order valence-electron chi connectivity index (χ1n) is 10.7. The minimum atomic E-state index is -0.502. The molecule has 170 valence electrons. The topological polar surface area (TPSA) is 77.0 Å². The van der Waals surface area contributed by atoms with Gasteiger partial charge < -0.3 is 20.6 Å². The maximum atomic E-state index is 12.4. The normalized spacial score (nSPS) is 11.9. The summed E-state index contributed by atoms with van der Waals surface area (Å²) in [5, 5.41) is 16.8. The van der Waals surface area contributed by atoms with Crippen molar-refractivity contribution in [3.63, 3.8) is 0 Å². The Kier molecular flexibility index (Phi) is 12.8. The molecule has 0 aliphatic heterocycles. The predicted molar refractivity (Wildman–Crippen MR) is 138 cm³/mol. The van der Waals surface area contributed by atoms with Gasteiger partial charge in [0.1, 0.15) is 0 Å². The van der Waals surface area contributed by atoms with E-state index >= 15 is 0 Å². The van der Waals surface area contributed by atoms with E-state index in [9.17, 15) is 9.90 Å². The van der Waals surface area contributed by atoms with Crippen LogP contribution in [0.4, 0.5) is 0 Å². The van der Waals surface area contributed by atoms with Crippen LogP contribution in [0.5, 0.6) is 0 Å². The number of carbonyl (C=O) groups excluding carboxylic acids is 1. The van der Waals surface area contributed by atoms with Gasteiger partial charge in [-0.05, 0) is 50.5 Å². The fourth-order valence-electron chi connectivity index (χ4n) is 3.13. The highest BCUT2D eigenvalue weighted by Crippen LogP contribution is 2.15. The number of hydrogen-bond donors (Lipinski definition) is 3. The molecule has 0 aliphatic rings. The number of carbonyl (C=O) groups is 1. The highest BCUT2D eigenvalue weighted by molar-refractivity contribution is 14.0. The van der Waals surface area contributed by atoms with Crippen LogP contribution in [0.25, 0.3) is 0 Å². The van der Waals surface area contributed by atoms with Crippen LogP contribution in [0.15, 0.2) is 59.6 Å². The first-order valence-corrected chi connectivity index (χ1v) is 10.7. The van der Waals surface area contributed by atoms with Crippen molar-refractivity contribution in [1.29, 1.82) is 0 Å². The Hall–Kier alpha value is -2.13. The summed E-state index contributed by atoms with van der Waals surface area (Å²) in [7, 11) is 0. The summed E-state index contributed by atoms with van der Waals surface area (Å²) in [5.74, 6) is 0.767. The number of aliphatic hydroxyl groups is 1. The summed E-state index contributed by atoms with van der Waals surface area (Å²) in [5.41, 5.74) is 2.65. The number of rotatable bonds is 10. The average molecular weight is 538 g/mol. The molecule has 1 unspecified atom stereocenters. The molecule has 31 heavy (non-hydrogen) atoms. The molecular weight excluding hydrogens is 503 g/mol. The molecular formula is C24H35IN4O2. The molecule has 2 rings (SSSR count). The zero-order valence-electron chi connectivity index (χ0n) is 18.7. The Morgan fingerprint density at radius 1 is 1.00 bits per heavy atom. The van der Waals surface area contributed by atoms with Crippen LogP contribution < -0.4 is 10.6 Å². The van der Waals surface area contributed by atoms with Gasteiger partial charge in [-0.1, -0.05) is 42.5 Å². The Labute approximate surface area is 203 Å². The lowest BCUT2D eigenvalue weighted by Crippen LogP contribution is -2.38. The van der Waals surface area contributed by atoms with Crippen molar-refractivity contribution in [3.8, 4) is 0 Å². The van der Waals surface area contributed by atoms with Crippen molar-refractivity contribution < 1.29 is 9.90 Å². The fourth-order valence-corrected chi connectivity index (χ4v) is 3.13. The van der Waals surface area contributed by atoms with Gasteiger partial charge in [-0.15, -0.1) is 24.0 Å². The molecule has 0 bridgehead atoms. The molecule has 1 amide bonds. The molecule has 2 aromatic rings. The zero-order chi connectivity index (χ0) is 21.8. The van der Waals surface area contributed by atoms with Crippen molar-refractivity contribution in [2.24, 2.45) is 4.99 Å². The Bertz CT molecular complexity index is 793. The Balaban J connectivity index is 0.00000480. The molecule has 6 nitrogen and oxygen atoms in total. The van der Waals surface area contributed by atoms with Crippen molar-refractivity contribution >= 4 is 35.8 Å². The van der Waals surface area contributed by atoms with Gasteiger partial charge in [-0.2, -0.15) is 0 Å². The molecule has 7 heteroatoms. The smallest absolute Gasteiger partial charge is 0.253 e. The minimum Gasteiger partial charge on any atom is -0.388 e. The molecule has 0 spiro atoms. The number of benzene rings is 2. The van der Waals surface area contributed by atoms with E-state index in [-0.39, 0.29) is 29.9 Å². The number of halogens is 1. The van der Waals surface area contributed by atoms with Crippen molar-refractivity contribution in [2.75, 3.05) is 26.2 Å². The highest BCUT2D eigenvalue weighted by atomic mass is 127. The van der Waals surface area contributed by atoms with E-state index in [0.717, 1.165) is 17.7 Å². The number of nitrogens with one attached hydrogen (secondary N) is 2. The SMILES string of the molecule is CCNC(=NCc1ccc(C(=O)N(CC)CC)cc1)NCCC(O)c1ccccc1.I. The second-order valence-electron chi connectivity index (χ2n) is 7.01. The van der Waals surface area contributed by atoms with Crippen LogP contribution in [-0.4, -0.2) is 48.1 Å². The van der Waals surface area contributed by atoms with Gasteiger partial charge in [0.2, 0.25) is 0 Å². The van der Waals surface area contributed by atoms with Gasteiger partial charge in [0, 0.05) is 31.7 Å². The molecule has 1 atom stereocenters. The van der Waals surface area contributed by atoms with Gasteiger partial charge >= 0.3 is 0 Å². The molecule has 0 aliphatic carbocycles. The summed E-state index contributed by atoms with van der Waals surface area (Å²) in [4.78, 5) is 18.8. The highest BCUT2D eigenvalue weighted by Gasteiger charge is 2.12. The summed E-state index contributed by atoms with van der Waals surface area (Å²) in [6.45, 7) is 9.27. The molecule has 0 saturated carbocycles. The lowest BCUT2D eigenvalue weighted by Gasteiger charge is -2.18. The van der Waals surface area contributed by atoms with Crippen molar-refractivity contribution in [3.05, 3.63) is 71.3 Å². The van der Waals surface area contributed by atoms with Crippen LogP contribution in [-0.2, 0) is 6.54 Å². The lowest BCUT2D eigenvalue weighted by atomic mass is 10.1. The van der Waals surface area contributed by atoms with Crippen LogP contribution in [0, 0.1) is 0 Å². The van der Waals surface area contributed by atoms with Crippen LogP contribution >= 0.6 is 24.0 Å². The minimum absolute atomic E-state index is 0. The van der Waals surface area contributed by atoms with Gasteiger partial charge in [0.25, 0.3) is 5.91 Å². The first kappa shape index (κ1) is 26.9. The number of hydrogen-bond acceptors (Lipinski definition) is 3. The molecule has 2 aromatic carbocycles. The van der Waals surface area contributed by atoms with Gasteiger partial charge in [-0.3, -0.25) is 4.79 Å². The molecule has 3 N–H and O–H groups in total. The maximum Gasteiger partial charge on any atom is 0.253 e. The number of amides is 1. The first-order chi connectivity index (χ1) is 14.6. The maximum absolute atomic E-state index is 12.4. The van der Waals surface area contributed by atoms with E-state index in [1.165, 1.54) is 0 Å². The van der Waals surface area contributed by atoms with Gasteiger partial charge in [-0.25, -0.2) is 4.99 Å². The predicted octanol–water partition coefficient (Wildman–Crippen LogP) is 3.97. The van der Waals surface area contributed by atoms with E-state index in [0.29, 0.717) is 44.1 Å². The average Bonchev–Trinajstić information content (AvgIpc) is 2.79. The summed E-state index contributed by atoms with van der Waals surface area (Å²) >= 11 is 0. The number of aliphatic hydroxyl groups excluding tert-OH is 1. The zero-order valence-corrected chi connectivity index (χ0v) is 21.0. The van der Waals surface area contributed by atoms with E-state index in [4.69, 9.17) is 0 Å². The second kappa shape index (κ2) is 14.8. The molecule has 0 saturated heterocycles. The van der Waals surface area contributed by atoms with Crippen molar-refractivity contribution in [1.82, 2.24) is 15.5 Å². The number of aliphatic imine (C=N–C) groups is 1. The third kappa shape index (κ3) is 8.86.